The van der Waals surface area contributed by atoms with Gasteiger partial charge < -0.3 is 14.7 Å². The molecule has 5 nitrogen and oxygen atoms in total. The second kappa shape index (κ2) is 8.41. The topological polar surface area (TPSA) is 66.8 Å². The highest BCUT2D eigenvalue weighted by Crippen LogP contribution is 2.42. The number of halogens is 1. The number of Topliss-reactive ketones (excluding diaryl/α,β-unsaturated/α-hetero) is 1. The number of fused-ring (bicyclic) bond motifs is 1. The lowest BCUT2D eigenvalue weighted by Crippen LogP contribution is -2.36. The van der Waals surface area contributed by atoms with Crippen molar-refractivity contribution in [1.82, 2.24) is 4.90 Å². The minimum Gasteiger partial charge on any atom is -0.507 e. The van der Waals surface area contributed by atoms with Crippen molar-refractivity contribution in [3.63, 3.8) is 0 Å². The van der Waals surface area contributed by atoms with Crippen LogP contribution in [-0.4, -0.2) is 41.0 Å². The molecule has 32 heavy (non-hydrogen) atoms. The van der Waals surface area contributed by atoms with E-state index in [9.17, 15) is 14.7 Å². The molecule has 0 aliphatic carbocycles. The molecule has 0 saturated carbocycles. The lowest BCUT2D eigenvalue weighted by Gasteiger charge is -2.28. The molecule has 3 aromatic rings. The third-order valence-electron chi connectivity index (χ3n) is 6.18. The molecule has 162 valence electrons. The van der Waals surface area contributed by atoms with Gasteiger partial charge in [0.05, 0.1) is 17.7 Å². The van der Waals surface area contributed by atoms with Crippen LogP contribution in [0.25, 0.3) is 16.5 Å². The first-order valence-electron chi connectivity index (χ1n) is 10.7. The summed E-state index contributed by atoms with van der Waals surface area (Å²) in [6, 6.07) is 19.6. The first-order chi connectivity index (χ1) is 15.5. The van der Waals surface area contributed by atoms with Gasteiger partial charge in [-0.05, 0) is 41.3 Å². The predicted molar refractivity (Wildman–Crippen MR) is 123 cm³/mol. The lowest BCUT2D eigenvalue weighted by molar-refractivity contribution is -0.140. The van der Waals surface area contributed by atoms with Crippen molar-refractivity contribution < 1.29 is 19.4 Å². The number of aliphatic hydroxyl groups is 1. The molecule has 5 rings (SSSR count). The molecule has 3 aromatic carbocycles. The zero-order valence-electron chi connectivity index (χ0n) is 17.3. The smallest absolute Gasteiger partial charge is 0.295 e. The number of carbonyl (C=O) groups is 2. The van der Waals surface area contributed by atoms with E-state index in [1.807, 2.05) is 42.5 Å². The van der Waals surface area contributed by atoms with Gasteiger partial charge in [-0.25, -0.2) is 0 Å². The molecule has 0 spiro atoms. The number of hydrogen-bond acceptors (Lipinski definition) is 4. The van der Waals surface area contributed by atoms with E-state index in [1.54, 1.807) is 29.2 Å². The van der Waals surface area contributed by atoms with Crippen LogP contribution in [-0.2, 0) is 14.3 Å². The second-order valence-corrected chi connectivity index (χ2v) is 8.60. The number of benzene rings is 3. The van der Waals surface area contributed by atoms with E-state index in [0.29, 0.717) is 23.7 Å². The fourth-order valence-corrected chi connectivity index (χ4v) is 4.87. The average molecular weight is 448 g/mol. The number of aliphatic hydroxyl groups excluding tert-OH is 1. The Morgan fingerprint density at radius 3 is 2.62 bits per heavy atom. The van der Waals surface area contributed by atoms with E-state index in [2.05, 4.69) is 0 Å². The second-order valence-electron chi connectivity index (χ2n) is 8.17. The van der Waals surface area contributed by atoms with Gasteiger partial charge in [0.15, 0.2) is 0 Å². The zero-order chi connectivity index (χ0) is 22.2. The number of carbonyl (C=O) groups excluding carboxylic acids is 2. The molecule has 2 fully saturated rings. The Kier molecular flexibility index (Phi) is 5.45. The van der Waals surface area contributed by atoms with E-state index >= 15 is 0 Å². The van der Waals surface area contributed by atoms with Crippen molar-refractivity contribution >= 4 is 39.8 Å². The molecule has 1 amide bonds. The van der Waals surface area contributed by atoms with E-state index in [1.165, 1.54) is 0 Å². The summed E-state index contributed by atoms with van der Waals surface area (Å²) in [5, 5.41) is 13.6. The number of nitrogens with zero attached hydrogens (tertiary/aromatic N) is 1. The summed E-state index contributed by atoms with van der Waals surface area (Å²) < 4.78 is 5.77. The van der Waals surface area contributed by atoms with Crippen LogP contribution in [0.2, 0.25) is 5.02 Å². The number of rotatable bonds is 4. The molecule has 2 heterocycles. The minimum absolute atomic E-state index is 0.0756. The fraction of sp³-hybridized carbons (Fsp3) is 0.231. The van der Waals surface area contributed by atoms with Crippen LogP contribution in [0.5, 0.6) is 0 Å². The Hall–Kier alpha value is -3.15. The van der Waals surface area contributed by atoms with Crippen molar-refractivity contribution in [3.8, 4) is 0 Å². The van der Waals surface area contributed by atoms with Gasteiger partial charge in [0.1, 0.15) is 5.76 Å². The van der Waals surface area contributed by atoms with Crippen LogP contribution in [0.1, 0.15) is 30.0 Å². The van der Waals surface area contributed by atoms with Crippen molar-refractivity contribution in [2.75, 3.05) is 13.2 Å². The summed E-state index contributed by atoms with van der Waals surface area (Å²) in [6.45, 7) is 0.945. The van der Waals surface area contributed by atoms with E-state index in [4.69, 9.17) is 16.3 Å². The van der Waals surface area contributed by atoms with Gasteiger partial charge >= 0.3 is 0 Å². The maximum absolute atomic E-state index is 13.2. The molecule has 2 aliphatic rings. The van der Waals surface area contributed by atoms with E-state index in [-0.39, 0.29) is 17.4 Å². The molecule has 2 saturated heterocycles. The van der Waals surface area contributed by atoms with E-state index < -0.39 is 17.7 Å². The van der Waals surface area contributed by atoms with Gasteiger partial charge in [-0.2, -0.15) is 0 Å². The zero-order valence-corrected chi connectivity index (χ0v) is 18.1. The van der Waals surface area contributed by atoms with Crippen LogP contribution in [0.4, 0.5) is 0 Å². The van der Waals surface area contributed by atoms with Crippen LogP contribution >= 0.6 is 11.6 Å². The quantitative estimate of drug-likeness (QED) is 0.343. The first-order valence-corrected chi connectivity index (χ1v) is 11.1. The Labute approximate surface area is 190 Å². The number of ether oxygens (including phenoxy) is 1. The number of amides is 1. The van der Waals surface area contributed by atoms with Gasteiger partial charge in [0.25, 0.3) is 11.7 Å². The average Bonchev–Trinajstić information content (AvgIpc) is 3.41. The lowest BCUT2D eigenvalue weighted by atomic mass is 9.91. The Balaban J connectivity index is 1.71. The largest absolute Gasteiger partial charge is 0.507 e. The fourth-order valence-electron chi connectivity index (χ4n) is 4.68. The number of likely N-dealkylation sites (tertiary alicyclic amines) is 1. The van der Waals surface area contributed by atoms with E-state index in [0.717, 1.165) is 29.2 Å². The highest BCUT2D eigenvalue weighted by atomic mass is 35.5. The molecule has 2 atom stereocenters. The van der Waals surface area contributed by atoms with Crippen molar-refractivity contribution in [2.45, 2.75) is 25.0 Å². The third-order valence-corrected chi connectivity index (χ3v) is 6.42. The monoisotopic (exact) mass is 447 g/mol. The molecule has 0 bridgehead atoms. The van der Waals surface area contributed by atoms with Gasteiger partial charge in [0, 0.05) is 23.7 Å². The molecule has 0 radical (unpaired) electrons. The summed E-state index contributed by atoms with van der Waals surface area (Å²) in [5.41, 5.74) is 1.27. The van der Waals surface area contributed by atoms with Crippen molar-refractivity contribution in [2.24, 2.45) is 0 Å². The number of ketones is 1. The Morgan fingerprint density at radius 1 is 1.06 bits per heavy atom. The molecular formula is C26H22ClNO4. The van der Waals surface area contributed by atoms with Gasteiger partial charge in [-0.1, -0.05) is 66.2 Å². The maximum Gasteiger partial charge on any atom is 0.295 e. The molecule has 2 aliphatic heterocycles. The molecule has 2 unspecified atom stereocenters. The molecule has 1 N–H and O–H groups in total. The van der Waals surface area contributed by atoms with Gasteiger partial charge in [-0.3, -0.25) is 9.59 Å². The van der Waals surface area contributed by atoms with Crippen LogP contribution < -0.4 is 0 Å². The van der Waals surface area contributed by atoms with Crippen LogP contribution in [0.3, 0.4) is 0 Å². The van der Waals surface area contributed by atoms with Crippen LogP contribution in [0, 0.1) is 0 Å². The molecular weight excluding hydrogens is 426 g/mol. The molecule has 0 aromatic heterocycles. The third kappa shape index (κ3) is 3.57. The summed E-state index contributed by atoms with van der Waals surface area (Å²) in [7, 11) is 0. The summed E-state index contributed by atoms with van der Waals surface area (Å²) >= 11 is 6.12. The van der Waals surface area contributed by atoms with Gasteiger partial charge in [-0.15, -0.1) is 0 Å². The predicted octanol–water partition coefficient (Wildman–Crippen LogP) is 5.09. The highest BCUT2D eigenvalue weighted by molar-refractivity contribution is 6.46. The normalized spacial score (nSPS) is 22.7. The Morgan fingerprint density at radius 2 is 1.84 bits per heavy atom. The summed E-state index contributed by atoms with van der Waals surface area (Å²) in [5.74, 6) is -1.54. The SMILES string of the molecule is O=C1C(=O)N(CC2CCCO2)C(c2cccc3ccccc23)/C1=C(/O)c1cccc(Cl)c1. The minimum atomic E-state index is -0.718. The standard InChI is InChI=1S/C26H22ClNO4/c27-18-9-3-8-17(14-18)24(29)22-23(21-12-4-7-16-6-1-2-11-20(16)21)28(26(31)25(22)30)15-19-10-5-13-32-19/h1-4,6-9,11-12,14,19,23,29H,5,10,13,15H2/b24-22-. The maximum atomic E-state index is 13.2. The summed E-state index contributed by atoms with van der Waals surface area (Å²) in [4.78, 5) is 28.0. The first kappa shape index (κ1) is 20.7. The van der Waals surface area contributed by atoms with Gasteiger partial charge in [0.2, 0.25) is 0 Å². The molecule has 6 heteroatoms. The highest BCUT2D eigenvalue weighted by Gasteiger charge is 2.47. The Bertz CT molecular complexity index is 1240. The van der Waals surface area contributed by atoms with Crippen LogP contribution in [0.15, 0.2) is 72.3 Å². The summed E-state index contributed by atoms with van der Waals surface area (Å²) in [6.07, 6.45) is 1.63. The van der Waals surface area contributed by atoms with Crippen molar-refractivity contribution in [3.05, 3.63) is 88.5 Å². The number of hydrogen-bond donors (Lipinski definition) is 1. The van der Waals surface area contributed by atoms with Crippen molar-refractivity contribution in [1.29, 1.82) is 0 Å².